The maximum absolute atomic E-state index is 14.0. The Kier molecular flexibility index (Phi) is 35.5. The van der Waals surface area contributed by atoms with Crippen molar-refractivity contribution in [3.05, 3.63) is 162 Å². The first-order valence-corrected chi connectivity index (χ1v) is 62.2. The number of nitrogens with zero attached hydrogens (tertiary/aromatic N) is 15. The van der Waals surface area contributed by atoms with Crippen LogP contribution in [0.4, 0.5) is 4.79 Å². The molecule has 3 aromatic carbocycles. The fourth-order valence-corrected chi connectivity index (χ4v) is 44.3. The lowest BCUT2D eigenvalue weighted by Crippen LogP contribution is -2.59. The second-order valence-electron chi connectivity index (χ2n) is 35.0. The van der Waals surface area contributed by atoms with Gasteiger partial charge in [-0.2, -0.15) is 0 Å². The van der Waals surface area contributed by atoms with Crippen LogP contribution in [-0.2, 0) is 85.1 Å². The first kappa shape index (κ1) is 95.9. The number of alkyl carbamates (subject to hydrolysis) is 1. The number of hydrogen-bond donors (Lipinski definition) is 4. The highest BCUT2D eigenvalue weighted by molar-refractivity contribution is 8.01. The molecule has 9 rings (SSSR count). The topological polar surface area (TPSA) is 350 Å². The van der Waals surface area contributed by atoms with Gasteiger partial charge in [0.25, 0.3) is 0 Å². The van der Waals surface area contributed by atoms with E-state index in [-0.39, 0.29) is 57.4 Å². The van der Waals surface area contributed by atoms with Crippen molar-refractivity contribution < 1.29 is 50.5 Å². The Bertz CT molecular complexity index is 4280. The summed E-state index contributed by atoms with van der Waals surface area (Å²) in [6.07, 6.45) is 18.7. The Labute approximate surface area is 725 Å². The maximum Gasteiger partial charge on any atom is 0.408 e. The van der Waals surface area contributed by atoms with E-state index in [2.05, 4.69) is 161 Å². The highest BCUT2D eigenvalue weighted by Crippen LogP contribution is 2.31. The largest absolute Gasteiger partial charge is 0.455 e. The molecule has 4 amide bonds. The zero-order chi connectivity index (χ0) is 86.8. The normalized spacial score (nSPS) is 12.6. The minimum absolute atomic E-state index is 0.00906. The molecule has 4 N–H and O–H groups in total. The Hall–Kier alpha value is -7.89. The number of benzene rings is 3. The molecule has 0 spiro atoms. The Balaban J connectivity index is 0.821. The zero-order valence-corrected chi connectivity index (χ0v) is 81.3. The van der Waals surface area contributed by atoms with Crippen molar-refractivity contribution in [2.75, 3.05) is 55.6 Å². The molecule has 6 heterocycles. The third-order valence-electron chi connectivity index (χ3n) is 18.4. The first-order valence-electron chi connectivity index (χ1n) is 40.6. The molecule has 648 valence electrons. The Morgan fingerprint density at radius 1 is 0.383 bits per heavy atom. The molecular formula is C81H121N19O11S3Si6. The smallest absolute Gasteiger partial charge is 0.408 e. The van der Waals surface area contributed by atoms with Gasteiger partial charge in [0.15, 0.2) is 65.4 Å². The molecule has 0 aliphatic heterocycles. The molecular weight excluding hydrogens is 1680 g/mol. The van der Waals surface area contributed by atoms with E-state index < -0.39 is 67.1 Å². The number of hydrogen-bond acceptors (Lipinski definition) is 26. The van der Waals surface area contributed by atoms with Crippen molar-refractivity contribution in [1.82, 2.24) is 96.2 Å². The number of aromatic nitrogens is 15. The lowest BCUT2D eigenvalue weighted by Gasteiger charge is -2.35. The summed E-state index contributed by atoms with van der Waals surface area (Å²) < 4.78 is 51.4. The Morgan fingerprint density at radius 2 is 0.650 bits per heavy atom. The van der Waals surface area contributed by atoms with Crippen LogP contribution >= 0.6 is 35.3 Å². The summed E-state index contributed by atoms with van der Waals surface area (Å²) >= 11 is 4.86. The summed E-state index contributed by atoms with van der Waals surface area (Å²) in [6, 6.07) is 26.7. The third kappa shape index (κ3) is 34.8. The van der Waals surface area contributed by atoms with Crippen LogP contribution in [0.2, 0.25) is 96.7 Å². The molecule has 120 heavy (non-hydrogen) atoms. The van der Waals surface area contributed by atoms with Gasteiger partial charge < -0.3 is 52.6 Å². The maximum atomic E-state index is 14.0. The SMILES string of the molecule is CC(=O)NCCC[Si](C)(C)O[Si](C)(C)CSc1ncc(Cn2cc(-c3ccc(COCC(COCc4ccc(-c5cn(Cc6cnc(SC[Si](C)(C)O[Si](C)(C)CCCNC(C)=O)nc6)nn5)cc4)(COCc4ccc(-c5cn(Cc6cnc(SC[Si](C)(C)O[Si](C)(C)CCCNC(C)=O)nc6)nn5)cc4)NC(=O)OC(C)(C)C)cc3)nn2)cn1. The van der Waals surface area contributed by atoms with Crippen LogP contribution in [0.5, 0.6) is 0 Å². The quantitative estimate of drug-likeness (QED) is 0.0119. The number of rotatable bonds is 49. The van der Waals surface area contributed by atoms with Crippen molar-refractivity contribution >= 4 is 109 Å². The predicted octanol–water partition coefficient (Wildman–Crippen LogP) is 13.9. The summed E-state index contributed by atoms with van der Waals surface area (Å²) in [5.74, 6) is -0.0272. The number of carbonyl (C=O) groups excluding carboxylic acids is 4. The van der Waals surface area contributed by atoms with Gasteiger partial charge in [0.2, 0.25) is 17.7 Å². The van der Waals surface area contributed by atoms with Crippen LogP contribution in [0.3, 0.4) is 0 Å². The lowest BCUT2D eigenvalue weighted by atomic mass is 10.0. The number of ether oxygens (including phenoxy) is 4. The molecule has 0 saturated carbocycles. The van der Waals surface area contributed by atoms with E-state index in [0.29, 0.717) is 71.8 Å². The van der Waals surface area contributed by atoms with E-state index in [9.17, 15) is 19.2 Å². The van der Waals surface area contributed by atoms with Crippen LogP contribution in [0.15, 0.2) is 144 Å². The standard InChI is InChI=1S/C81H121N19O11S3Si6/c1-61(101)82-34-19-37-115(7,8)109-118(13,14)58-112-76-85-40-67(41-86-76)46-98-49-73(92-95-98)70-28-22-64(23-29-70)52-105-55-81(91-79(104)108-80(4,5)6,56-106-53-65-24-30-71(31-25-65)74-50-99(96-93-74)47-68-42-87-77(88-43-68)113-59-119(15,16)110-116(9,10)38-20-35-83-62(2)102)57-107-54-66-26-32-72(33-27-66)75-51-100(97-94-75)48-69-44-89-78(90-45-69)114-60-120(17,18)111-117(11,12)39-21-36-84-63(3)103/h22-33,40-45,49-51H,19-21,34-39,46-48,52-60H2,1-18H3,(H,82,101)(H,83,102)(H,84,103)(H,91,104). The molecule has 0 aliphatic carbocycles. The van der Waals surface area contributed by atoms with Crippen molar-refractivity contribution in [1.29, 1.82) is 0 Å². The fraction of sp³-hybridized carbons (Fsp3) is 0.506. The second-order valence-corrected chi connectivity index (χ2v) is 65.5. The molecule has 0 aliphatic rings. The van der Waals surface area contributed by atoms with Crippen LogP contribution in [0.1, 0.15) is 94.2 Å². The van der Waals surface area contributed by atoms with Gasteiger partial charge in [-0.1, -0.05) is 124 Å². The highest BCUT2D eigenvalue weighted by Gasteiger charge is 2.38. The van der Waals surface area contributed by atoms with E-state index >= 15 is 0 Å². The predicted molar refractivity (Wildman–Crippen MR) is 485 cm³/mol. The van der Waals surface area contributed by atoms with Gasteiger partial charge in [-0.25, -0.2) is 48.7 Å². The van der Waals surface area contributed by atoms with Gasteiger partial charge >= 0.3 is 6.09 Å². The van der Waals surface area contributed by atoms with E-state index in [0.717, 1.165) is 104 Å². The first-order chi connectivity index (χ1) is 56.7. The van der Waals surface area contributed by atoms with Gasteiger partial charge in [-0.15, -0.1) is 15.3 Å². The van der Waals surface area contributed by atoms with Gasteiger partial charge in [0.05, 0.1) is 77.9 Å². The molecule has 0 bridgehead atoms. The lowest BCUT2D eigenvalue weighted by molar-refractivity contribution is -0.119. The molecule has 6 aromatic heterocycles. The zero-order valence-electron chi connectivity index (χ0n) is 72.9. The van der Waals surface area contributed by atoms with E-state index in [4.69, 9.17) is 31.3 Å². The molecule has 0 atom stereocenters. The van der Waals surface area contributed by atoms with E-state index in [1.807, 2.05) is 149 Å². The highest BCUT2D eigenvalue weighted by atomic mass is 32.2. The van der Waals surface area contributed by atoms with Crippen molar-refractivity contribution in [2.45, 2.75) is 224 Å². The summed E-state index contributed by atoms with van der Waals surface area (Å²) in [4.78, 5) is 76.2. The second kappa shape index (κ2) is 44.4. The van der Waals surface area contributed by atoms with Crippen LogP contribution in [0.25, 0.3) is 33.8 Å². The number of amides is 4. The number of thioether (sulfide) groups is 3. The van der Waals surface area contributed by atoms with Crippen molar-refractivity contribution in [3.8, 4) is 33.8 Å². The fourth-order valence-electron chi connectivity index (χ4n) is 13.3. The van der Waals surface area contributed by atoms with Crippen LogP contribution in [-0.4, -0.2) is 215 Å². The van der Waals surface area contributed by atoms with Crippen LogP contribution in [0, 0.1) is 0 Å². The molecule has 9 aromatic rings. The van der Waals surface area contributed by atoms with Crippen LogP contribution < -0.4 is 21.3 Å². The molecule has 39 heteroatoms. The summed E-state index contributed by atoms with van der Waals surface area (Å²) in [5.41, 5.74) is 7.91. The molecule has 0 unspecified atom stereocenters. The minimum Gasteiger partial charge on any atom is -0.455 e. The minimum atomic E-state index is -2.03. The van der Waals surface area contributed by atoms with Gasteiger partial charge in [-0.05, 0) is 153 Å². The van der Waals surface area contributed by atoms with Crippen molar-refractivity contribution in [2.24, 2.45) is 0 Å². The average Bonchev–Trinajstić information content (AvgIpc) is 1.38. The molecule has 0 fully saturated rings. The molecule has 30 nitrogen and oxygen atoms in total. The molecule has 0 radical (unpaired) electrons. The number of carbonyl (C=O) groups is 4. The van der Waals surface area contributed by atoms with E-state index in [1.54, 1.807) is 70.1 Å². The summed E-state index contributed by atoms with van der Waals surface area (Å²) in [5, 5.41) is 43.2. The van der Waals surface area contributed by atoms with Gasteiger partial charge in [0.1, 0.15) is 28.2 Å². The van der Waals surface area contributed by atoms with Gasteiger partial charge in [-0.3, -0.25) is 14.4 Å². The van der Waals surface area contributed by atoms with Gasteiger partial charge in [0, 0.05) is 127 Å². The molecule has 0 saturated heterocycles. The van der Waals surface area contributed by atoms with E-state index in [1.165, 1.54) is 0 Å². The summed E-state index contributed by atoms with van der Waals surface area (Å²) in [6.45, 7) is 40.8. The summed E-state index contributed by atoms with van der Waals surface area (Å²) in [7, 11) is -11.9. The van der Waals surface area contributed by atoms with Crippen molar-refractivity contribution in [3.63, 3.8) is 0 Å². The number of nitrogens with one attached hydrogen (secondary N) is 4. The third-order valence-corrected chi connectivity index (χ3v) is 47.9. The Morgan fingerprint density at radius 3 is 0.900 bits per heavy atom. The monoisotopic (exact) mass is 1800 g/mol. The average molecular weight is 1800 g/mol.